The summed E-state index contributed by atoms with van der Waals surface area (Å²) in [5, 5.41) is 8.48. The Labute approximate surface area is 106 Å². The number of unbranched alkanes of at least 4 members (excludes halogenated alkanes) is 1. The highest BCUT2D eigenvalue weighted by molar-refractivity contribution is 5.66. The van der Waals surface area contributed by atoms with Gasteiger partial charge in [0.15, 0.2) is 0 Å². The van der Waals surface area contributed by atoms with Gasteiger partial charge in [-0.3, -0.25) is 4.79 Å². The zero-order chi connectivity index (χ0) is 13.0. The van der Waals surface area contributed by atoms with Gasteiger partial charge in [-0.1, -0.05) is 0 Å². The third kappa shape index (κ3) is 3.09. The van der Waals surface area contributed by atoms with E-state index in [2.05, 4.69) is 0 Å². The average Bonchev–Trinajstić information content (AvgIpc) is 2.93. The molecule has 0 amide bonds. The molecule has 2 fully saturated rings. The van der Waals surface area contributed by atoms with Crippen molar-refractivity contribution in [3.05, 3.63) is 0 Å². The predicted octanol–water partition coefficient (Wildman–Crippen LogP) is 1.25. The Morgan fingerprint density at radius 2 is 2.11 bits per heavy atom. The molecule has 0 spiro atoms. The largest absolute Gasteiger partial charge is 0.481 e. The summed E-state index contributed by atoms with van der Waals surface area (Å²) in [7, 11) is 0. The lowest BCUT2D eigenvalue weighted by atomic mass is 9.81. The highest BCUT2D eigenvalue weighted by Gasteiger charge is 2.48. The van der Waals surface area contributed by atoms with Crippen molar-refractivity contribution in [3.8, 4) is 0 Å². The van der Waals surface area contributed by atoms with E-state index in [0.717, 1.165) is 25.5 Å². The predicted molar refractivity (Wildman–Crippen MR) is 63.2 cm³/mol. The fraction of sp³-hybridized carbons (Fsp3) is 0.846. The van der Waals surface area contributed by atoms with Crippen LogP contribution in [0.15, 0.2) is 0 Å². The summed E-state index contributed by atoms with van der Waals surface area (Å²) in [6.07, 6.45) is 4.89. The lowest BCUT2D eigenvalue weighted by Gasteiger charge is -2.23. The molecule has 0 aromatic carbocycles. The average molecular weight is 256 g/mol. The molecule has 2 aliphatic rings. The van der Waals surface area contributed by atoms with Crippen LogP contribution in [0.4, 0.5) is 0 Å². The maximum absolute atomic E-state index is 11.0. The minimum atomic E-state index is -0.766. The van der Waals surface area contributed by atoms with Crippen LogP contribution in [0.2, 0.25) is 0 Å². The summed E-state index contributed by atoms with van der Waals surface area (Å²) in [5.74, 6) is -0.582. The Morgan fingerprint density at radius 3 is 2.83 bits per heavy atom. The van der Waals surface area contributed by atoms with Gasteiger partial charge in [-0.05, 0) is 25.7 Å². The molecule has 0 radical (unpaired) electrons. The van der Waals surface area contributed by atoms with Crippen molar-refractivity contribution in [2.24, 2.45) is 11.8 Å². The molecule has 2 saturated heterocycles. The molecule has 18 heavy (non-hydrogen) atoms. The summed E-state index contributed by atoms with van der Waals surface area (Å²) in [5.41, 5.74) is 0. The first-order chi connectivity index (χ1) is 8.72. The van der Waals surface area contributed by atoms with Crippen molar-refractivity contribution >= 4 is 12.3 Å². The van der Waals surface area contributed by atoms with Gasteiger partial charge in [0.25, 0.3) is 0 Å². The molecule has 0 saturated carbocycles. The lowest BCUT2D eigenvalue weighted by molar-refractivity contribution is -0.137. The highest BCUT2D eigenvalue weighted by atomic mass is 16.5. The Hall–Kier alpha value is -0.940. The van der Waals surface area contributed by atoms with Gasteiger partial charge >= 0.3 is 5.97 Å². The van der Waals surface area contributed by atoms with Gasteiger partial charge in [0.1, 0.15) is 6.29 Å². The number of aldehydes is 1. The first kappa shape index (κ1) is 13.5. The molecule has 2 rings (SSSR count). The number of ether oxygens (including phenoxy) is 2. The Morgan fingerprint density at radius 1 is 1.33 bits per heavy atom. The minimum absolute atomic E-state index is 0.0113. The van der Waals surface area contributed by atoms with Crippen molar-refractivity contribution in [1.29, 1.82) is 0 Å². The topological polar surface area (TPSA) is 72.8 Å². The molecule has 0 aromatic heterocycles. The first-order valence-corrected chi connectivity index (χ1v) is 6.62. The number of carbonyl (C=O) groups excluding carboxylic acids is 1. The number of rotatable bonds is 8. The van der Waals surface area contributed by atoms with Gasteiger partial charge in [0.2, 0.25) is 0 Å². The van der Waals surface area contributed by atoms with Gasteiger partial charge in [-0.2, -0.15) is 0 Å². The fourth-order valence-electron chi connectivity index (χ4n) is 2.92. The van der Waals surface area contributed by atoms with Crippen LogP contribution in [-0.4, -0.2) is 42.8 Å². The fourth-order valence-corrected chi connectivity index (χ4v) is 2.92. The summed E-state index contributed by atoms with van der Waals surface area (Å²) in [6.45, 7) is 1.12. The van der Waals surface area contributed by atoms with Crippen molar-refractivity contribution in [2.75, 3.05) is 13.2 Å². The summed E-state index contributed by atoms with van der Waals surface area (Å²) >= 11 is 0. The van der Waals surface area contributed by atoms with E-state index < -0.39 is 5.97 Å². The molecular weight excluding hydrogens is 236 g/mol. The second-order valence-corrected chi connectivity index (χ2v) is 5.09. The molecule has 2 heterocycles. The van der Waals surface area contributed by atoms with E-state index in [9.17, 15) is 9.59 Å². The monoisotopic (exact) mass is 256 g/mol. The summed E-state index contributed by atoms with van der Waals surface area (Å²) < 4.78 is 11.3. The number of fused-ring (bicyclic) bond motifs is 2. The SMILES string of the molecule is O=CC1C2CCC(O2)C1COCCCCC(=O)O. The van der Waals surface area contributed by atoms with Crippen molar-refractivity contribution < 1.29 is 24.2 Å². The summed E-state index contributed by atoms with van der Waals surface area (Å²) in [4.78, 5) is 21.3. The molecule has 102 valence electrons. The first-order valence-electron chi connectivity index (χ1n) is 6.62. The standard InChI is InChI=1S/C13H20O5/c14-7-9-10(12-5-4-11(9)18-12)8-17-6-2-1-3-13(15)16/h7,9-12H,1-6,8H2,(H,15,16). The number of aliphatic carboxylic acids is 1. The molecule has 0 aromatic rings. The van der Waals surface area contributed by atoms with E-state index in [1.807, 2.05) is 0 Å². The van der Waals surface area contributed by atoms with E-state index >= 15 is 0 Å². The van der Waals surface area contributed by atoms with Gasteiger partial charge in [-0.25, -0.2) is 0 Å². The second kappa shape index (κ2) is 6.29. The van der Waals surface area contributed by atoms with Crippen molar-refractivity contribution in [1.82, 2.24) is 0 Å². The Kier molecular flexibility index (Phi) is 4.72. The van der Waals surface area contributed by atoms with Crippen LogP contribution in [0.5, 0.6) is 0 Å². The normalized spacial score (nSPS) is 33.8. The van der Waals surface area contributed by atoms with E-state index in [-0.39, 0.29) is 30.5 Å². The maximum Gasteiger partial charge on any atom is 0.303 e. The maximum atomic E-state index is 11.0. The van der Waals surface area contributed by atoms with E-state index in [1.54, 1.807) is 0 Å². The number of hydrogen-bond donors (Lipinski definition) is 1. The van der Waals surface area contributed by atoms with Gasteiger partial charge in [0.05, 0.1) is 18.8 Å². The zero-order valence-corrected chi connectivity index (χ0v) is 10.4. The number of carboxylic acid groups (broad SMARTS) is 1. The smallest absolute Gasteiger partial charge is 0.303 e. The molecule has 1 N–H and O–H groups in total. The third-order valence-electron chi connectivity index (χ3n) is 3.88. The van der Waals surface area contributed by atoms with Crippen LogP contribution < -0.4 is 0 Å². The van der Waals surface area contributed by atoms with Gasteiger partial charge in [0, 0.05) is 24.9 Å². The van der Waals surface area contributed by atoms with Gasteiger partial charge < -0.3 is 19.4 Å². The molecule has 2 bridgehead atoms. The third-order valence-corrected chi connectivity index (χ3v) is 3.88. The van der Waals surface area contributed by atoms with Crippen LogP contribution >= 0.6 is 0 Å². The number of hydrogen-bond acceptors (Lipinski definition) is 4. The molecule has 4 unspecified atom stereocenters. The van der Waals surface area contributed by atoms with Crippen LogP contribution in [0.1, 0.15) is 32.1 Å². The molecule has 0 aliphatic carbocycles. The van der Waals surface area contributed by atoms with Gasteiger partial charge in [-0.15, -0.1) is 0 Å². The lowest BCUT2D eigenvalue weighted by Crippen LogP contribution is -2.31. The molecule has 4 atom stereocenters. The van der Waals surface area contributed by atoms with E-state index in [0.29, 0.717) is 19.6 Å². The quantitative estimate of drug-likeness (QED) is 0.522. The summed E-state index contributed by atoms with van der Waals surface area (Å²) in [6, 6.07) is 0. The van der Waals surface area contributed by atoms with Crippen LogP contribution in [0.3, 0.4) is 0 Å². The van der Waals surface area contributed by atoms with Crippen molar-refractivity contribution in [2.45, 2.75) is 44.3 Å². The number of carboxylic acids is 1. The molecule has 2 aliphatic heterocycles. The van der Waals surface area contributed by atoms with E-state index in [1.165, 1.54) is 0 Å². The zero-order valence-electron chi connectivity index (χ0n) is 10.4. The molecule has 5 nitrogen and oxygen atoms in total. The van der Waals surface area contributed by atoms with Crippen LogP contribution in [-0.2, 0) is 19.1 Å². The number of carbonyl (C=O) groups is 2. The molecular formula is C13H20O5. The van der Waals surface area contributed by atoms with Crippen molar-refractivity contribution in [3.63, 3.8) is 0 Å². The van der Waals surface area contributed by atoms with Crippen LogP contribution in [0, 0.1) is 11.8 Å². The van der Waals surface area contributed by atoms with Crippen LogP contribution in [0.25, 0.3) is 0 Å². The highest BCUT2D eigenvalue weighted by Crippen LogP contribution is 2.42. The molecule has 5 heteroatoms. The second-order valence-electron chi connectivity index (χ2n) is 5.09. The van der Waals surface area contributed by atoms with E-state index in [4.69, 9.17) is 14.6 Å². The minimum Gasteiger partial charge on any atom is -0.481 e. The Balaban J connectivity index is 1.61. The Bertz CT molecular complexity index is 304.